The second-order valence-corrected chi connectivity index (χ2v) is 5.44. The molecule has 6 heteroatoms. The third kappa shape index (κ3) is 3.07. The van der Waals surface area contributed by atoms with Gasteiger partial charge in [0, 0.05) is 37.0 Å². The number of rotatable bonds is 3. The van der Waals surface area contributed by atoms with Crippen LogP contribution in [0.5, 0.6) is 0 Å². The van der Waals surface area contributed by atoms with Crippen molar-refractivity contribution in [3.05, 3.63) is 16.1 Å². The van der Waals surface area contributed by atoms with Crippen LogP contribution in [-0.4, -0.2) is 40.8 Å². The van der Waals surface area contributed by atoms with Gasteiger partial charge in [-0.2, -0.15) is 0 Å². The van der Waals surface area contributed by atoms with Crippen molar-refractivity contribution in [1.82, 2.24) is 15.2 Å². The predicted molar refractivity (Wildman–Crippen MR) is 69.4 cm³/mol. The van der Waals surface area contributed by atoms with Crippen LogP contribution in [-0.2, 0) is 16.0 Å². The fourth-order valence-corrected chi connectivity index (χ4v) is 2.73. The van der Waals surface area contributed by atoms with Gasteiger partial charge in [0.25, 0.3) is 0 Å². The number of amides is 2. The second kappa shape index (κ2) is 5.48. The van der Waals surface area contributed by atoms with E-state index in [0.29, 0.717) is 19.5 Å². The average molecular weight is 267 g/mol. The van der Waals surface area contributed by atoms with Gasteiger partial charge in [0.15, 0.2) is 0 Å². The Balaban J connectivity index is 1.95. The summed E-state index contributed by atoms with van der Waals surface area (Å²) in [5, 5.41) is 5.73. The van der Waals surface area contributed by atoms with Crippen LogP contribution >= 0.6 is 11.3 Å². The van der Waals surface area contributed by atoms with Crippen molar-refractivity contribution >= 4 is 23.2 Å². The zero-order valence-electron chi connectivity index (χ0n) is 10.6. The summed E-state index contributed by atoms with van der Waals surface area (Å²) in [5.41, 5.74) is 1.02. The molecule has 1 saturated heterocycles. The lowest BCUT2D eigenvalue weighted by Gasteiger charge is -2.21. The molecule has 98 valence electrons. The van der Waals surface area contributed by atoms with Crippen LogP contribution in [0.3, 0.4) is 0 Å². The van der Waals surface area contributed by atoms with Gasteiger partial charge in [-0.05, 0) is 13.8 Å². The minimum absolute atomic E-state index is 0.00544. The summed E-state index contributed by atoms with van der Waals surface area (Å²) < 4.78 is 0. The Morgan fingerprint density at radius 3 is 3.00 bits per heavy atom. The van der Waals surface area contributed by atoms with Crippen LogP contribution in [0.15, 0.2) is 5.38 Å². The maximum Gasteiger partial charge on any atom is 0.244 e. The molecule has 0 aliphatic carbocycles. The highest BCUT2D eigenvalue weighted by Crippen LogP contribution is 2.11. The largest absolute Gasteiger partial charge is 0.345 e. The molecule has 5 nitrogen and oxygen atoms in total. The van der Waals surface area contributed by atoms with Crippen molar-refractivity contribution in [3.63, 3.8) is 0 Å². The van der Waals surface area contributed by atoms with Crippen molar-refractivity contribution in [1.29, 1.82) is 0 Å². The van der Waals surface area contributed by atoms with Gasteiger partial charge in [-0.3, -0.25) is 9.59 Å². The molecular weight excluding hydrogens is 250 g/mol. The van der Waals surface area contributed by atoms with E-state index in [1.165, 1.54) is 0 Å². The second-order valence-electron chi connectivity index (χ2n) is 4.50. The lowest BCUT2D eigenvalue weighted by atomic mass is 10.3. The van der Waals surface area contributed by atoms with E-state index in [4.69, 9.17) is 0 Å². The first-order valence-electron chi connectivity index (χ1n) is 6.05. The van der Waals surface area contributed by atoms with Crippen molar-refractivity contribution < 1.29 is 9.59 Å². The molecule has 0 aromatic carbocycles. The number of hydrogen-bond donors (Lipinski definition) is 1. The molecule has 1 atom stereocenters. The van der Waals surface area contributed by atoms with Crippen LogP contribution in [0.4, 0.5) is 0 Å². The summed E-state index contributed by atoms with van der Waals surface area (Å²) in [7, 11) is 0. The van der Waals surface area contributed by atoms with Gasteiger partial charge in [0.1, 0.15) is 6.04 Å². The molecule has 18 heavy (non-hydrogen) atoms. The first kappa shape index (κ1) is 13.0. The molecule has 0 bridgehead atoms. The van der Waals surface area contributed by atoms with Gasteiger partial charge in [0.2, 0.25) is 11.8 Å². The molecule has 1 aromatic heterocycles. The molecule has 1 aromatic rings. The Bertz CT molecular complexity index is 458. The Labute approximate surface area is 110 Å². The summed E-state index contributed by atoms with van der Waals surface area (Å²) in [6.45, 7) is 4.82. The zero-order valence-corrected chi connectivity index (χ0v) is 11.4. The van der Waals surface area contributed by atoms with Crippen LogP contribution in [0.2, 0.25) is 0 Å². The molecule has 1 N–H and O–H groups in total. The van der Waals surface area contributed by atoms with E-state index in [0.717, 1.165) is 17.1 Å². The topological polar surface area (TPSA) is 62.3 Å². The number of aryl methyl sites for hydroxylation is 1. The molecule has 1 aliphatic rings. The smallest absolute Gasteiger partial charge is 0.244 e. The van der Waals surface area contributed by atoms with Gasteiger partial charge >= 0.3 is 0 Å². The normalized spacial score (nSPS) is 20.8. The van der Waals surface area contributed by atoms with E-state index >= 15 is 0 Å². The number of thiazole rings is 1. The van der Waals surface area contributed by atoms with Gasteiger partial charge in [-0.1, -0.05) is 0 Å². The minimum atomic E-state index is -0.418. The molecule has 0 saturated carbocycles. The van der Waals surface area contributed by atoms with Crippen LogP contribution < -0.4 is 5.32 Å². The highest BCUT2D eigenvalue weighted by atomic mass is 32.1. The van der Waals surface area contributed by atoms with Crippen LogP contribution in [0.25, 0.3) is 0 Å². The van der Waals surface area contributed by atoms with Gasteiger partial charge < -0.3 is 10.2 Å². The van der Waals surface area contributed by atoms with E-state index in [9.17, 15) is 9.59 Å². The van der Waals surface area contributed by atoms with Crippen LogP contribution in [0, 0.1) is 6.92 Å². The first-order valence-corrected chi connectivity index (χ1v) is 6.93. The minimum Gasteiger partial charge on any atom is -0.345 e. The molecule has 2 amide bonds. The molecule has 1 unspecified atom stereocenters. The van der Waals surface area contributed by atoms with E-state index < -0.39 is 6.04 Å². The molecule has 1 fully saturated rings. The SMILES string of the molecule is Cc1csc(CCN2CCC(=O)NC(C)C2=O)n1. The number of carbonyl (C=O) groups excluding carboxylic acids is 2. The van der Waals surface area contributed by atoms with Crippen molar-refractivity contribution in [2.24, 2.45) is 0 Å². The van der Waals surface area contributed by atoms with Gasteiger partial charge in [-0.25, -0.2) is 4.98 Å². The number of hydrogen-bond acceptors (Lipinski definition) is 4. The first-order chi connectivity index (χ1) is 8.56. The molecule has 2 heterocycles. The maximum absolute atomic E-state index is 12.0. The Kier molecular flexibility index (Phi) is 3.96. The highest BCUT2D eigenvalue weighted by molar-refractivity contribution is 7.09. The van der Waals surface area contributed by atoms with E-state index in [1.54, 1.807) is 23.2 Å². The number of carbonyl (C=O) groups is 2. The average Bonchev–Trinajstić information content (AvgIpc) is 2.69. The molecule has 1 aliphatic heterocycles. The number of nitrogens with one attached hydrogen (secondary N) is 1. The van der Waals surface area contributed by atoms with Crippen molar-refractivity contribution in [2.75, 3.05) is 13.1 Å². The molecular formula is C12H17N3O2S. The third-order valence-corrected chi connectivity index (χ3v) is 3.96. The maximum atomic E-state index is 12.0. The lowest BCUT2D eigenvalue weighted by Crippen LogP contribution is -2.43. The van der Waals surface area contributed by atoms with E-state index in [-0.39, 0.29) is 11.8 Å². The molecule has 0 radical (unpaired) electrons. The Hall–Kier alpha value is -1.43. The fraction of sp³-hybridized carbons (Fsp3) is 0.583. The van der Waals surface area contributed by atoms with E-state index in [2.05, 4.69) is 10.3 Å². The van der Waals surface area contributed by atoms with Gasteiger partial charge in [-0.15, -0.1) is 11.3 Å². The number of nitrogens with zero attached hydrogens (tertiary/aromatic N) is 2. The van der Waals surface area contributed by atoms with Crippen LogP contribution in [0.1, 0.15) is 24.0 Å². The van der Waals surface area contributed by atoms with Crippen molar-refractivity contribution in [3.8, 4) is 0 Å². The zero-order chi connectivity index (χ0) is 13.1. The van der Waals surface area contributed by atoms with E-state index in [1.807, 2.05) is 12.3 Å². The monoisotopic (exact) mass is 267 g/mol. The highest BCUT2D eigenvalue weighted by Gasteiger charge is 2.26. The fourth-order valence-electron chi connectivity index (χ4n) is 1.97. The summed E-state index contributed by atoms with van der Waals surface area (Å²) in [5.74, 6) is -0.0578. The standard InChI is InChI=1S/C12H17N3O2S/c1-8-7-18-11(13-8)4-6-15-5-3-10(16)14-9(2)12(15)17/h7,9H,3-6H2,1-2H3,(H,14,16). The summed E-state index contributed by atoms with van der Waals surface area (Å²) in [6, 6.07) is -0.418. The predicted octanol–water partition coefficient (Wildman–Crippen LogP) is 0.731. The number of aromatic nitrogens is 1. The Morgan fingerprint density at radius 2 is 2.33 bits per heavy atom. The summed E-state index contributed by atoms with van der Waals surface area (Å²) in [4.78, 5) is 29.5. The quantitative estimate of drug-likeness (QED) is 0.878. The summed E-state index contributed by atoms with van der Waals surface area (Å²) >= 11 is 1.61. The van der Waals surface area contributed by atoms with Gasteiger partial charge in [0.05, 0.1) is 5.01 Å². The third-order valence-electron chi connectivity index (χ3n) is 2.93. The molecule has 2 rings (SSSR count). The Morgan fingerprint density at radius 1 is 1.56 bits per heavy atom. The molecule has 0 spiro atoms. The lowest BCUT2D eigenvalue weighted by molar-refractivity contribution is -0.133. The van der Waals surface area contributed by atoms with Crippen molar-refractivity contribution in [2.45, 2.75) is 32.7 Å². The summed E-state index contributed by atoms with van der Waals surface area (Å²) in [6.07, 6.45) is 1.14.